The third kappa shape index (κ3) is 6.30. The molecule has 0 saturated carbocycles. The number of morpholine rings is 1. The normalized spacial score (nSPS) is 18.0. The van der Waals surface area contributed by atoms with E-state index < -0.39 is 0 Å². The van der Waals surface area contributed by atoms with Gasteiger partial charge in [0.2, 0.25) is 0 Å². The minimum absolute atomic E-state index is 0.0288. The lowest BCUT2D eigenvalue weighted by Gasteiger charge is -2.34. The summed E-state index contributed by atoms with van der Waals surface area (Å²) in [6.45, 7) is 9.55. The molecule has 2 atom stereocenters. The van der Waals surface area contributed by atoms with E-state index in [-0.39, 0.29) is 18.1 Å². The number of aryl methyl sites for hydroxylation is 1. The van der Waals surface area contributed by atoms with Gasteiger partial charge in [-0.3, -0.25) is 9.48 Å². The molecule has 8 nitrogen and oxygen atoms in total. The van der Waals surface area contributed by atoms with Gasteiger partial charge in [-0.1, -0.05) is 19.1 Å². The lowest BCUT2D eigenvalue weighted by atomic mass is 10.1. The molecule has 0 aliphatic carbocycles. The van der Waals surface area contributed by atoms with Crippen molar-refractivity contribution in [3.63, 3.8) is 0 Å². The van der Waals surface area contributed by atoms with Crippen molar-refractivity contribution in [1.29, 1.82) is 0 Å². The monoisotopic (exact) mass is 426 g/mol. The molecule has 1 aliphatic heterocycles. The number of rotatable bonds is 7. The molecule has 2 N–H and O–H groups in total. The summed E-state index contributed by atoms with van der Waals surface area (Å²) in [7, 11) is 1.91. The molecule has 1 aromatic carbocycles. The quantitative estimate of drug-likeness (QED) is 0.525. The van der Waals surface area contributed by atoms with Crippen LogP contribution in [-0.4, -0.2) is 58.8 Å². The maximum Gasteiger partial charge on any atom is 0.251 e. The fourth-order valence-electron chi connectivity index (χ4n) is 3.46. The van der Waals surface area contributed by atoms with E-state index in [4.69, 9.17) is 9.73 Å². The van der Waals surface area contributed by atoms with Crippen LogP contribution in [0.2, 0.25) is 0 Å². The fourth-order valence-corrected chi connectivity index (χ4v) is 3.46. The number of carbonyl (C=O) groups excluding carboxylic acids is 1. The van der Waals surface area contributed by atoms with Gasteiger partial charge in [-0.25, -0.2) is 4.99 Å². The predicted octanol–water partition coefficient (Wildman–Crippen LogP) is 2.49. The maximum atomic E-state index is 12.4. The van der Waals surface area contributed by atoms with Crippen molar-refractivity contribution in [3.05, 3.63) is 53.3 Å². The van der Waals surface area contributed by atoms with Crippen molar-refractivity contribution in [3.8, 4) is 0 Å². The number of amides is 1. The first kappa shape index (κ1) is 22.8. The van der Waals surface area contributed by atoms with Crippen molar-refractivity contribution in [2.75, 3.05) is 26.2 Å². The molecule has 2 unspecified atom stereocenters. The first-order valence-electron chi connectivity index (χ1n) is 11.0. The second-order valence-corrected chi connectivity index (χ2v) is 7.91. The van der Waals surface area contributed by atoms with Crippen LogP contribution in [0.1, 0.15) is 54.8 Å². The van der Waals surface area contributed by atoms with Gasteiger partial charge in [0, 0.05) is 43.5 Å². The molecule has 2 heterocycles. The Morgan fingerprint density at radius 2 is 2.23 bits per heavy atom. The van der Waals surface area contributed by atoms with Gasteiger partial charge in [0.1, 0.15) is 6.10 Å². The Kier molecular flexibility index (Phi) is 8.06. The van der Waals surface area contributed by atoms with Crippen LogP contribution in [-0.2, 0) is 18.3 Å². The summed E-state index contributed by atoms with van der Waals surface area (Å²) in [4.78, 5) is 19.5. The van der Waals surface area contributed by atoms with Gasteiger partial charge in [-0.15, -0.1) is 0 Å². The number of hydrogen-bond acceptors (Lipinski definition) is 4. The molecule has 0 spiro atoms. The summed E-state index contributed by atoms with van der Waals surface area (Å²) in [5.41, 5.74) is 2.74. The molecule has 1 aromatic heterocycles. The van der Waals surface area contributed by atoms with Crippen LogP contribution in [0.3, 0.4) is 0 Å². The number of ether oxygens (including phenoxy) is 1. The van der Waals surface area contributed by atoms with Crippen LogP contribution in [0.5, 0.6) is 0 Å². The Morgan fingerprint density at radius 1 is 1.39 bits per heavy atom. The van der Waals surface area contributed by atoms with Crippen molar-refractivity contribution >= 4 is 11.9 Å². The third-order valence-electron chi connectivity index (χ3n) is 5.39. The topological polar surface area (TPSA) is 83.8 Å². The van der Waals surface area contributed by atoms with Crippen LogP contribution in [0, 0.1) is 0 Å². The van der Waals surface area contributed by atoms with E-state index in [1.54, 1.807) is 4.68 Å². The Bertz CT molecular complexity index is 894. The van der Waals surface area contributed by atoms with Gasteiger partial charge in [0.25, 0.3) is 5.91 Å². The van der Waals surface area contributed by atoms with Crippen LogP contribution < -0.4 is 10.6 Å². The molecule has 2 aromatic rings. The minimum atomic E-state index is -0.0421. The second kappa shape index (κ2) is 10.9. The molecule has 8 heteroatoms. The van der Waals surface area contributed by atoms with E-state index in [9.17, 15) is 4.79 Å². The smallest absolute Gasteiger partial charge is 0.251 e. The highest BCUT2D eigenvalue weighted by atomic mass is 16.5. The zero-order valence-corrected chi connectivity index (χ0v) is 19.0. The van der Waals surface area contributed by atoms with Crippen LogP contribution in [0.4, 0.5) is 0 Å². The predicted molar refractivity (Wildman–Crippen MR) is 122 cm³/mol. The fraction of sp³-hybridized carbons (Fsp3) is 0.522. The number of guanidine groups is 1. The summed E-state index contributed by atoms with van der Waals surface area (Å²) >= 11 is 0. The second-order valence-electron chi connectivity index (χ2n) is 7.91. The Morgan fingerprint density at radius 3 is 2.94 bits per heavy atom. The van der Waals surface area contributed by atoms with Crippen LogP contribution in [0.25, 0.3) is 0 Å². The van der Waals surface area contributed by atoms with E-state index >= 15 is 0 Å². The van der Waals surface area contributed by atoms with E-state index in [1.165, 1.54) is 0 Å². The molecule has 1 fully saturated rings. The number of nitrogens with one attached hydrogen (secondary N) is 2. The van der Waals surface area contributed by atoms with E-state index in [0.717, 1.165) is 43.1 Å². The zero-order chi connectivity index (χ0) is 22.2. The van der Waals surface area contributed by atoms with Gasteiger partial charge in [-0.05, 0) is 38.0 Å². The molecule has 1 aliphatic rings. The average molecular weight is 427 g/mol. The first-order valence-corrected chi connectivity index (χ1v) is 11.0. The van der Waals surface area contributed by atoms with Crippen molar-refractivity contribution in [1.82, 2.24) is 25.3 Å². The van der Waals surface area contributed by atoms with E-state index in [2.05, 4.69) is 34.5 Å². The van der Waals surface area contributed by atoms with Crippen LogP contribution >= 0.6 is 0 Å². The molecular weight excluding hydrogens is 392 g/mol. The Balaban J connectivity index is 1.69. The standard InChI is InChI=1S/C23H34N6O2/c1-5-17(3)27-22(30)19-9-7-8-18(12-19)13-25-23(24-6-2)29-10-11-31-21(16-29)20-14-26-28(4)15-20/h7-9,12,14-15,17,21H,5-6,10-11,13,16H2,1-4H3,(H,24,25)(H,27,30). The highest BCUT2D eigenvalue weighted by Gasteiger charge is 2.25. The highest BCUT2D eigenvalue weighted by Crippen LogP contribution is 2.21. The number of benzene rings is 1. The van der Waals surface area contributed by atoms with E-state index in [1.807, 2.05) is 50.6 Å². The third-order valence-corrected chi connectivity index (χ3v) is 5.39. The molecule has 0 radical (unpaired) electrons. The minimum Gasteiger partial charge on any atom is -0.370 e. The van der Waals surface area contributed by atoms with E-state index in [0.29, 0.717) is 18.7 Å². The van der Waals surface area contributed by atoms with Crippen LogP contribution in [0.15, 0.2) is 41.7 Å². The lowest BCUT2D eigenvalue weighted by Crippen LogP contribution is -2.48. The maximum absolute atomic E-state index is 12.4. The Labute approximate surface area is 184 Å². The van der Waals surface area contributed by atoms with Crippen molar-refractivity contribution in [2.24, 2.45) is 12.0 Å². The van der Waals surface area contributed by atoms with Gasteiger partial charge in [0.15, 0.2) is 5.96 Å². The molecular formula is C23H34N6O2. The molecule has 3 rings (SSSR count). The SMILES string of the molecule is CCNC(=NCc1cccc(C(=O)NC(C)CC)c1)N1CCOC(c2cnn(C)c2)C1. The summed E-state index contributed by atoms with van der Waals surface area (Å²) in [5.74, 6) is 0.814. The number of nitrogens with zero attached hydrogens (tertiary/aromatic N) is 4. The van der Waals surface area contributed by atoms with Gasteiger partial charge >= 0.3 is 0 Å². The van der Waals surface area contributed by atoms with Gasteiger partial charge in [0.05, 0.1) is 25.9 Å². The zero-order valence-electron chi connectivity index (χ0n) is 19.0. The lowest BCUT2D eigenvalue weighted by molar-refractivity contribution is -0.00805. The summed E-state index contributed by atoms with van der Waals surface area (Å²) < 4.78 is 7.75. The van der Waals surface area contributed by atoms with Gasteiger partial charge < -0.3 is 20.3 Å². The molecule has 1 saturated heterocycles. The Hall–Kier alpha value is -2.87. The largest absolute Gasteiger partial charge is 0.370 e. The summed E-state index contributed by atoms with van der Waals surface area (Å²) in [6, 6.07) is 7.84. The summed E-state index contributed by atoms with van der Waals surface area (Å²) in [5, 5.41) is 10.7. The number of carbonyl (C=O) groups is 1. The van der Waals surface area contributed by atoms with Crippen molar-refractivity contribution < 1.29 is 9.53 Å². The molecule has 0 bridgehead atoms. The number of aliphatic imine (C=N–C) groups is 1. The number of aromatic nitrogens is 2. The highest BCUT2D eigenvalue weighted by molar-refractivity contribution is 5.94. The van der Waals surface area contributed by atoms with Crippen molar-refractivity contribution in [2.45, 2.75) is 45.9 Å². The number of hydrogen-bond donors (Lipinski definition) is 2. The average Bonchev–Trinajstić information content (AvgIpc) is 3.23. The molecule has 168 valence electrons. The molecule has 31 heavy (non-hydrogen) atoms. The summed E-state index contributed by atoms with van der Waals surface area (Å²) in [6.07, 6.45) is 4.72. The first-order chi connectivity index (χ1) is 15.0. The van der Waals surface area contributed by atoms with Gasteiger partial charge in [-0.2, -0.15) is 5.10 Å². The molecule has 1 amide bonds.